The Morgan fingerprint density at radius 2 is 1.83 bits per heavy atom. The molecule has 0 aliphatic carbocycles. The van der Waals surface area contributed by atoms with Crippen LogP contribution in [0.1, 0.15) is 21.2 Å². The molecular formula is C29H22ClNO3S. The van der Waals surface area contributed by atoms with Crippen LogP contribution in [0.3, 0.4) is 0 Å². The fourth-order valence-corrected chi connectivity index (χ4v) is 6.27. The number of nitrogens with zero attached hydrogens (tertiary/aromatic N) is 1. The standard InChI is InChI=1S/C29H22ClNO3S/c1-34-21-10-11-26-18(12-21)13-27(35-26)29(33)31-16-19(15-30)28-23-5-3-2-4-22(23)24(14-25(28)31)17-6-8-20(32)9-7-17/h2-14,19,32H,15-16H2,1H3. The quantitative estimate of drug-likeness (QED) is 0.262. The first-order chi connectivity index (χ1) is 17.1. The number of alkyl halides is 1. The summed E-state index contributed by atoms with van der Waals surface area (Å²) >= 11 is 7.94. The van der Waals surface area contributed by atoms with E-state index in [0.29, 0.717) is 17.3 Å². The van der Waals surface area contributed by atoms with E-state index in [2.05, 4.69) is 18.2 Å². The van der Waals surface area contributed by atoms with Gasteiger partial charge in [0.15, 0.2) is 0 Å². The van der Waals surface area contributed by atoms with E-state index < -0.39 is 0 Å². The fourth-order valence-electron chi connectivity index (χ4n) is 5.03. The van der Waals surface area contributed by atoms with E-state index in [4.69, 9.17) is 16.3 Å². The number of carbonyl (C=O) groups is 1. The van der Waals surface area contributed by atoms with Crippen molar-refractivity contribution in [3.63, 3.8) is 0 Å². The lowest BCUT2D eigenvalue weighted by molar-refractivity contribution is 0.0992. The van der Waals surface area contributed by atoms with Gasteiger partial charge in [-0.3, -0.25) is 4.79 Å². The van der Waals surface area contributed by atoms with Gasteiger partial charge in [-0.15, -0.1) is 22.9 Å². The van der Waals surface area contributed by atoms with Gasteiger partial charge in [0.25, 0.3) is 5.91 Å². The predicted octanol–water partition coefficient (Wildman–Crippen LogP) is 7.42. The van der Waals surface area contributed by atoms with E-state index in [9.17, 15) is 9.90 Å². The number of phenolic OH excluding ortho intramolecular Hbond substituents is 1. The lowest BCUT2D eigenvalue weighted by Gasteiger charge is -2.19. The van der Waals surface area contributed by atoms with Gasteiger partial charge in [-0.2, -0.15) is 0 Å². The summed E-state index contributed by atoms with van der Waals surface area (Å²) in [6.07, 6.45) is 0. The van der Waals surface area contributed by atoms with Crippen molar-refractivity contribution < 1.29 is 14.6 Å². The maximum atomic E-state index is 13.9. The van der Waals surface area contributed by atoms with Crippen molar-refractivity contribution in [2.45, 2.75) is 5.92 Å². The molecule has 1 aliphatic heterocycles. The van der Waals surface area contributed by atoms with E-state index >= 15 is 0 Å². The van der Waals surface area contributed by atoms with Crippen molar-refractivity contribution in [2.24, 2.45) is 0 Å². The fraction of sp³-hybridized carbons (Fsp3) is 0.138. The molecule has 5 aromatic rings. The number of phenols is 1. The highest BCUT2D eigenvalue weighted by Crippen LogP contribution is 2.46. The van der Waals surface area contributed by atoms with Gasteiger partial charge in [0.05, 0.1) is 12.0 Å². The molecule has 0 radical (unpaired) electrons. The summed E-state index contributed by atoms with van der Waals surface area (Å²) in [5.74, 6) is 1.45. The summed E-state index contributed by atoms with van der Waals surface area (Å²) < 4.78 is 6.40. The van der Waals surface area contributed by atoms with Gasteiger partial charge < -0.3 is 14.7 Å². The second-order valence-corrected chi connectivity index (χ2v) is 10.1. The number of benzene rings is 4. The van der Waals surface area contributed by atoms with E-state index in [0.717, 1.165) is 49.0 Å². The maximum absolute atomic E-state index is 13.9. The predicted molar refractivity (Wildman–Crippen MR) is 145 cm³/mol. The van der Waals surface area contributed by atoms with Crippen molar-refractivity contribution in [3.05, 3.63) is 89.3 Å². The third-order valence-electron chi connectivity index (χ3n) is 6.71. The van der Waals surface area contributed by atoms with E-state index in [1.54, 1.807) is 19.2 Å². The van der Waals surface area contributed by atoms with Gasteiger partial charge in [-0.05, 0) is 75.3 Å². The lowest BCUT2D eigenvalue weighted by atomic mass is 9.90. The van der Waals surface area contributed by atoms with Gasteiger partial charge in [0.2, 0.25) is 0 Å². The Kier molecular flexibility index (Phi) is 5.39. The van der Waals surface area contributed by atoms with E-state index in [1.165, 1.54) is 11.3 Å². The average molecular weight is 500 g/mol. The molecule has 4 aromatic carbocycles. The molecule has 6 heteroatoms. The molecule has 35 heavy (non-hydrogen) atoms. The van der Waals surface area contributed by atoms with Crippen molar-refractivity contribution in [2.75, 3.05) is 24.4 Å². The number of carbonyl (C=O) groups excluding carboxylic acids is 1. The van der Waals surface area contributed by atoms with Crippen molar-refractivity contribution in [1.29, 1.82) is 0 Å². The van der Waals surface area contributed by atoms with Gasteiger partial charge in [0, 0.05) is 28.7 Å². The molecule has 2 heterocycles. The van der Waals surface area contributed by atoms with Crippen LogP contribution in [0.5, 0.6) is 11.5 Å². The zero-order chi connectivity index (χ0) is 24.1. The maximum Gasteiger partial charge on any atom is 0.268 e. The third kappa shape index (κ3) is 3.63. The highest BCUT2D eigenvalue weighted by atomic mass is 35.5. The number of rotatable bonds is 4. The Hall–Kier alpha value is -3.54. The number of aromatic hydroxyl groups is 1. The number of anilines is 1. The summed E-state index contributed by atoms with van der Waals surface area (Å²) in [4.78, 5) is 16.4. The molecule has 0 saturated carbocycles. The number of ether oxygens (including phenoxy) is 1. The zero-order valence-corrected chi connectivity index (χ0v) is 20.6. The minimum absolute atomic E-state index is 0.0222. The van der Waals surface area contributed by atoms with Crippen LogP contribution < -0.4 is 9.64 Å². The van der Waals surface area contributed by atoms with Gasteiger partial charge >= 0.3 is 0 Å². The smallest absolute Gasteiger partial charge is 0.268 e. The monoisotopic (exact) mass is 499 g/mol. The number of halogens is 1. The average Bonchev–Trinajstić information content (AvgIpc) is 3.49. The van der Waals surface area contributed by atoms with Crippen molar-refractivity contribution in [1.82, 2.24) is 0 Å². The normalized spacial score (nSPS) is 15.0. The molecule has 1 amide bonds. The zero-order valence-electron chi connectivity index (χ0n) is 19.0. The molecule has 174 valence electrons. The number of methoxy groups -OCH3 is 1. The Morgan fingerprint density at radius 1 is 1.06 bits per heavy atom. The first kappa shape index (κ1) is 22.0. The molecule has 1 aromatic heterocycles. The molecule has 4 nitrogen and oxygen atoms in total. The van der Waals surface area contributed by atoms with E-state index in [1.807, 2.05) is 53.4 Å². The highest BCUT2D eigenvalue weighted by molar-refractivity contribution is 7.20. The van der Waals surface area contributed by atoms with Crippen LogP contribution in [0.2, 0.25) is 0 Å². The molecule has 0 fully saturated rings. The molecule has 1 aliphatic rings. The number of hydrogen-bond acceptors (Lipinski definition) is 4. The van der Waals surface area contributed by atoms with Crippen LogP contribution >= 0.6 is 22.9 Å². The molecule has 0 bridgehead atoms. The highest BCUT2D eigenvalue weighted by Gasteiger charge is 2.35. The first-order valence-electron chi connectivity index (χ1n) is 11.4. The molecular weight excluding hydrogens is 478 g/mol. The second kappa shape index (κ2) is 8.59. The largest absolute Gasteiger partial charge is 0.508 e. The van der Waals surface area contributed by atoms with Crippen molar-refractivity contribution in [3.8, 4) is 22.6 Å². The summed E-state index contributed by atoms with van der Waals surface area (Å²) in [7, 11) is 1.64. The molecule has 6 rings (SSSR count). The van der Waals surface area contributed by atoms with Crippen LogP contribution in [0.15, 0.2) is 78.9 Å². The van der Waals surface area contributed by atoms with Crippen LogP contribution in [0.25, 0.3) is 32.0 Å². The molecule has 0 saturated heterocycles. The molecule has 1 unspecified atom stereocenters. The minimum Gasteiger partial charge on any atom is -0.508 e. The van der Waals surface area contributed by atoms with Crippen LogP contribution in [0, 0.1) is 0 Å². The van der Waals surface area contributed by atoms with Gasteiger partial charge in [-0.1, -0.05) is 36.4 Å². The number of amides is 1. The van der Waals surface area contributed by atoms with Gasteiger partial charge in [0.1, 0.15) is 11.5 Å². The Balaban J connectivity index is 1.52. The summed E-state index contributed by atoms with van der Waals surface area (Å²) in [5.41, 5.74) is 4.03. The molecule has 1 atom stereocenters. The third-order valence-corrected chi connectivity index (χ3v) is 8.19. The number of thiophene rings is 1. The second-order valence-electron chi connectivity index (χ2n) is 8.73. The number of fused-ring (bicyclic) bond motifs is 4. The summed E-state index contributed by atoms with van der Waals surface area (Å²) in [6.45, 7) is 0.540. The lowest BCUT2D eigenvalue weighted by Crippen LogP contribution is -2.29. The first-order valence-corrected chi connectivity index (χ1v) is 12.7. The Morgan fingerprint density at radius 3 is 2.57 bits per heavy atom. The van der Waals surface area contributed by atoms with E-state index in [-0.39, 0.29) is 17.6 Å². The summed E-state index contributed by atoms with van der Waals surface area (Å²) in [5, 5.41) is 13.0. The summed E-state index contributed by atoms with van der Waals surface area (Å²) in [6, 6.07) is 25.4. The molecule has 0 spiro atoms. The molecule has 1 N–H and O–H groups in total. The van der Waals surface area contributed by atoms with Gasteiger partial charge in [-0.25, -0.2) is 0 Å². The Labute approximate surface area is 212 Å². The van der Waals surface area contributed by atoms with Crippen molar-refractivity contribution >= 4 is 55.4 Å². The Bertz CT molecular complexity index is 1590. The SMILES string of the molecule is COc1ccc2sc(C(=O)N3CC(CCl)c4c3cc(-c3ccc(O)cc3)c3ccccc43)cc2c1. The number of hydrogen-bond donors (Lipinski definition) is 1. The van der Waals surface area contributed by atoms with Crippen LogP contribution in [-0.2, 0) is 0 Å². The van der Waals surface area contributed by atoms with Crippen LogP contribution in [-0.4, -0.2) is 30.5 Å². The minimum atomic E-state index is -0.0222. The van der Waals surface area contributed by atoms with Crippen LogP contribution in [0.4, 0.5) is 5.69 Å². The topological polar surface area (TPSA) is 49.8 Å².